The van der Waals surface area contributed by atoms with E-state index in [1.54, 1.807) is 6.92 Å². The average Bonchev–Trinajstić information content (AvgIpc) is 2.35. The monoisotopic (exact) mass is 263 g/mol. The molecule has 0 aromatic heterocycles. The largest absolute Gasteiger partial charge is 0.397 e. The van der Waals surface area contributed by atoms with Gasteiger partial charge in [0.15, 0.2) is 0 Å². The number of aryl methyl sites for hydroxylation is 1. The van der Waals surface area contributed by atoms with E-state index < -0.39 is 0 Å². The van der Waals surface area contributed by atoms with Crippen LogP contribution in [-0.2, 0) is 11.2 Å². The van der Waals surface area contributed by atoms with Crippen molar-refractivity contribution in [2.24, 2.45) is 0 Å². The molecule has 1 unspecified atom stereocenters. The van der Waals surface area contributed by atoms with Crippen LogP contribution in [0.4, 0.5) is 17.1 Å². The summed E-state index contributed by atoms with van der Waals surface area (Å²) in [5.74, 6) is 0.0436. The molecule has 1 aliphatic heterocycles. The molecule has 1 aromatic carbocycles. The van der Waals surface area contributed by atoms with Crippen molar-refractivity contribution in [2.45, 2.75) is 32.3 Å². The van der Waals surface area contributed by atoms with Crippen LogP contribution in [0.15, 0.2) is 12.1 Å². The zero-order valence-corrected chi connectivity index (χ0v) is 11.4. The number of nitrogen functional groups attached to an aromatic ring is 1. The third kappa shape index (κ3) is 3.17. The van der Waals surface area contributed by atoms with Gasteiger partial charge in [0.2, 0.25) is 5.91 Å². The summed E-state index contributed by atoms with van der Waals surface area (Å²) < 4.78 is 0. The number of rotatable bonds is 4. The van der Waals surface area contributed by atoms with Gasteiger partial charge < -0.3 is 21.1 Å². The van der Waals surface area contributed by atoms with Crippen LogP contribution in [0.3, 0.4) is 0 Å². The first-order valence-electron chi connectivity index (χ1n) is 6.59. The number of fused-ring (bicyclic) bond motifs is 1. The molecule has 0 aliphatic carbocycles. The van der Waals surface area contributed by atoms with E-state index in [9.17, 15) is 9.90 Å². The molecule has 0 spiro atoms. The van der Waals surface area contributed by atoms with Crippen LogP contribution in [0.2, 0.25) is 0 Å². The number of aliphatic hydroxyl groups is 1. The minimum atomic E-state index is -0.319. The van der Waals surface area contributed by atoms with Crippen LogP contribution in [0.25, 0.3) is 0 Å². The van der Waals surface area contributed by atoms with Crippen LogP contribution < -0.4 is 16.0 Å². The highest BCUT2D eigenvalue weighted by Gasteiger charge is 2.18. The van der Waals surface area contributed by atoms with Crippen molar-refractivity contribution in [3.05, 3.63) is 17.7 Å². The number of benzene rings is 1. The van der Waals surface area contributed by atoms with E-state index >= 15 is 0 Å². The minimum absolute atomic E-state index is 0.0436. The van der Waals surface area contributed by atoms with E-state index in [2.05, 4.69) is 5.32 Å². The fraction of sp³-hybridized carbons (Fsp3) is 0.500. The molecule has 0 saturated carbocycles. The van der Waals surface area contributed by atoms with Crippen LogP contribution in [-0.4, -0.2) is 30.7 Å². The number of aliphatic hydroxyl groups excluding tert-OH is 1. The average molecular weight is 263 g/mol. The van der Waals surface area contributed by atoms with Gasteiger partial charge in [-0.3, -0.25) is 4.79 Å². The second-order valence-electron chi connectivity index (χ2n) is 5.18. The Kier molecular flexibility index (Phi) is 3.95. The van der Waals surface area contributed by atoms with Gasteiger partial charge in [-0.15, -0.1) is 0 Å². The molecule has 0 bridgehead atoms. The van der Waals surface area contributed by atoms with Gasteiger partial charge in [-0.25, -0.2) is 0 Å². The smallest absolute Gasteiger partial charge is 0.224 e. The van der Waals surface area contributed by atoms with Gasteiger partial charge in [-0.05, 0) is 37.5 Å². The summed E-state index contributed by atoms with van der Waals surface area (Å²) in [6.07, 6.45) is 1.65. The Hall–Kier alpha value is -1.75. The third-order valence-corrected chi connectivity index (χ3v) is 3.44. The SMILES string of the molecule is CC(O)CCN(C)c1cc2c(cc1N)NC(=O)CC2. The Bertz CT molecular complexity index is 486. The lowest BCUT2D eigenvalue weighted by atomic mass is 10.0. The highest BCUT2D eigenvalue weighted by Crippen LogP contribution is 2.32. The lowest BCUT2D eigenvalue weighted by Crippen LogP contribution is -2.24. The molecule has 4 N–H and O–H groups in total. The van der Waals surface area contributed by atoms with Crippen LogP contribution in [0.5, 0.6) is 0 Å². The molecule has 19 heavy (non-hydrogen) atoms. The molecule has 1 aromatic rings. The molecule has 0 saturated heterocycles. The van der Waals surface area contributed by atoms with Crippen molar-refractivity contribution in [1.29, 1.82) is 0 Å². The van der Waals surface area contributed by atoms with Gasteiger partial charge in [-0.1, -0.05) is 0 Å². The standard InChI is InChI=1S/C14H21N3O2/c1-9(18)5-6-17(2)13-7-10-3-4-14(19)16-12(10)8-11(13)15/h7-9,18H,3-6,15H2,1-2H3,(H,16,19). The number of hydrogen-bond acceptors (Lipinski definition) is 4. The number of anilines is 3. The molecule has 2 rings (SSSR count). The predicted molar refractivity (Wildman–Crippen MR) is 77.4 cm³/mol. The van der Waals surface area contributed by atoms with E-state index in [4.69, 9.17) is 5.73 Å². The Morgan fingerprint density at radius 3 is 2.89 bits per heavy atom. The van der Waals surface area contributed by atoms with Gasteiger partial charge in [0.25, 0.3) is 0 Å². The number of nitrogens with one attached hydrogen (secondary N) is 1. The second-order valence-corrected chi connectivity index (χ2v) is 5.18. The van der Waals surface area contributed by atoms with E-state index in [0.717, 1.165) is 29.9 Å². The summed E-state index contributed by atoms with van der Waals surface area (Å²) in [4.78, 5) is 13.4. The molecule has 5 heteroatoms. The summed E-state index contributed by atoms with van der Waals surface area (Å²) in [6.45, 7) is 2.52. The molecule has 104 valence electrons. The molecule has 0 fully saturated rings. The van der Waals surface area contributed by atoms with Gasteiger partial charge in [0, 0.05) is 25.7 Å². The number of carbonyl (C=O) groups excluding carboxylic acids is 1. The maximum absolute atomic E-state index is 11.3. The number of nitrogens with two attached hydrogens (primary N) is 1. The predicted octanol–water partition coefficient (Wildman–Crippen LogP) is 1.36. The van der Waals surface area contributed by atoms with Gasteiger partial charge in [0.1, 0.15) is 0 Å². The van der Waals surface area contributed by atoms with Crippen LogP contribution in [0.1, 0.15) is 25.3 Å². The fourth-order valence-corrected chi connectivity index (χ4v) is 2.26. The maximum Gasteiger partial charge on any atom is 0.224 e. The lowest BCUT2D eigenvalue weighted by molar-refractivity contribution is -0.116. The first kappa shape index (κ1) is 13.7. The Labute approximate surface area is 113 Å². The summed E-state index contributed by atoms with van der Waals surface area (Å²) in [5.41, 5.74) is 9.58. The topological polar surface area (TPSA) is 78.6 Å². The van der Waals surface area contributed by atoms with E-state index in [-0.39, 0.29) is 12.0 Å². The summed E-state index contributed by atoms with van der Waals surface area (Å²) in [6, 6.07) is 3.85. The van der Waals surface area contributed by atoms with Crippen molar-refractivity contribution in [2.75, 3.05) is 29.5 Å². The Balaban J connectivity index is 2.20. The summed E-state index contributed by atoms with van der Waals surface area (Å²) >= 11 is 0. The molecule has 1 heterocycles. The van der Waals surface area contributed by atoms with Crippen LogP contribution >= 0.6 is 0 Å². The number of nitrogens with zero attached hydrogens (tertiary/aromatic N) is 1. The van der Waals surface area contributed by atoms with E-state index in [0.29, 0.717) is 18.5 Å². The van der Waals surface area contributed by atoms with Crippen molar-refractivity contribution < 1.29 is 9.90 Å². The Morgan fingerprint density at radius 1 is 1.47 bits per heavy atom. The van der Waals surface area contributed by atoms with Crippen molar-refractivity contribution in [1.82, 2.24) is 0 Å². The van der Waals surface area contributed by atoms with Crippen molar-refractivity contribution in [3.63, 3.8) is 0 Å². The number of hydrogen-bond donors (Lipinski definition) is 3. The normalized spacial score (nSPS) is 15.6. The second kappa shape index (κ2) is 5.48. The third-order valence-electron chi connectivity index (χ3n) is 3.44. The van der Waals surface area contributed by atoms with E-state index in [1.165, 1.54) is 0 Å². The maximum atomic E-state index is 11.3. The fourth-order valence-electron chi connectivity index (χ4n) is 2.26. The Morgan fingerprint density at radius 2 is 2.21 bits per heavy atom. The molecular formula is C14H21N3O2. The number of amides is 1. The van der Waals surface area contributed by atoms with Crippen molar-refractivity contribution in [3.8, 4) is 0 Å². The van der Waals surface area contributed by atoms with Crippen LogP contribution in [0, 0.1) is 0 Å². The van der Waals surface area contributed by atoms with Crippen molar-refractivity contribution >= 4 is 23.0 Å². The molecule has 1 amide bonds. The van der Waals surface area contributed by atoms with Gasteiger partial charge in [-0.2, -0.15) is 0 Å². The molecule has 1 atom stereocenters. The highest BCUT2D eigenvalue weighted by molar-refractivity contribution is 5.95. The lowest BCUT2D eigenvalue weighted by Gasteiger charge is -2.25. The molecular weight excluding hydrogens is 242 g/mol. The zero-order chi connectivity index (χ0) is 14.0. The summed E-state index contributed by atoms with van der Waals surface area (Å²) in [7, 11) is 1.96. The van der Waals surface area contributed by atoms with Gasteiger partial charge in [0.05, 0.1) is 17.5 Å². The molecule has 0 radical (unpaired) electrons. The number of carbonyl (C=O) groups is 1. The minimum Gasteiger partial charge on any atom is -0.397 e. The quantitative estimate of drug-likeness (QED) is 0.717. The first-order chi connectivity index (χ1) is 8.97. The van der Waals surface area contributed by atoms with E-state index in [1.807, 2.05) is 24.1 Å². The molecule has 5 nitrogen and oxygen atoms in total. The van der Waals surface area contributed by atoms with Gasteiger partial charge >= 0.3 is 0 Å². The highest BCUT2D eigenvalue weighted by atomic mass is 16.3. The summed E-state index contributed by atoms with van der Waals surface area (Å²) in [5, 5.41) is 12.2. The molecule has 1 aliphatic rings. The zero-order valence-electron chi connectivity index (χ0n) is 11.4. The first-order valence-corrected chi connectivity index (χ1v) is 6.59.